The summed E-state index contributed by atoms with van der Waals surface area (Å²) in [6.07, 6.45) is 6.48. The van der Waals surface area contributed by atoms with Crippen LogP contribution in [0.2, 0.25) is 0 Å². The summed E-state index contributed by atoms with van der Waals surface area (Å²) in [6.45, 7) is 3.10. The molecule has 104 valence electrons. The topological polar surface area (TPSA) is 69.8 Å². The van der Waals surface area contributed by atoms with Crippen LogP contribution in [0, 0.1) is 5.92 Å². The Balaban J connectivity index is 1.67. The third kappa shape index (κ3) is 2.97. The highest BCUT2D eigenvalue weighted by Crippen LogP contribution is 2.17. The number of hydrogen-bond donors (Lipinski definition) is 3. The quantitative estimate of drug-likeness (QED) is 0.762. The predicted molar refractivity (Wildman–Crippen MR) is 75.6 cm³/mol. The molecule has 5 nitrogen and oxygen atoms in total. The van der Waals surface area contributed by atoms with Crippen molar-refractivity contribution in [3.8, 4) is 0 Å². The Morgan fingerprint density at radius 2 is 2.00 bits per heavy atom. The van der Waals surface area contributed by atoms with Crippen molar-refractivity contribution >= 4 is 5.95 Å². The summed E-state index contributed by atoms with van der Waals surface area (Å²) >= 11 is 0. The van der Waals surface area contributed by atoms with Crippen LogP contribution in [0.1, 0.15) is 36.9 Å². The van der Waals surface area contributed by atoms with Gasteiger partial charge in [-0.15, -0.1) is 0 Å². The number of piperidine rings is 1. The molecule has 0 amide bonds. The van der Waals surface area contributed by atoms with Crippen molar-refractivity contribution in [3.05, 3.63) is 21.6 Å². The molecular formula is C14H22N4O. The first-order valence-corrected chi connectivity index (χ1v) is 7.39. The highest BCUT2D eigenvalue weighted by atomic mass is 16.1. The van der Waals surface area contributed by atoms with Crippen molar-refractivity contribution in [2.24, 2.45) is 5.92 Å². The lowest BCUT2D eigenvalue weighted by atomic mass is 9.97. The Kier molecular flexibility index (Phi) is 3.82. The summed E-state index contributed by atoms with van der Waals surface area (Å²) in [5.74, 6) is 1.34. The molecule has 0 spiro atoms. The molecule has 0 aromatic carbocycles. The van der Waals surface area contributed by atoms with Gasteiger partial charge in [0.25, 0.3) is 5.56 Å². The number of nitrogens with one attached hydrogen (secondary N) is 3. The van der Waals surface area contributed by atoms with Crippen molar-refractivity contribution in [2.45, 2.75) is 38.5 Å². The lowest BCUT2D eigenvalue weighted by molar-refractivity contribution is 0.389. The van der Waals surface area contributed by atoms with Gasteiger partial charge in [-0.2, -0.15) is 0 Å². The molecule has 1 saturated heterocycles. The first-order valence-electron chi connectivity index (χ1n) is 7.39. The summed E-state index contributed by atoms with van der Waals surface area (Å²) in [5.41, 5.74) is 1.96. The summed E-state index contributed by atoms with van der Waals surface area (Å²) in [4.78, 5) is 19.4. The van der Waals surface area contributed by atoms with Gasteiger partial charge in [0.2, 0.25) is 5.95 Å². The van der Waals surface area contributed by atoms with Gasteiger partial charge < -0.3 is 10.6 Å². The average Bonchev–Trinajstić information content (AvgIpc) is 2.46. The number of H-pyrrole nitrogens is 1. The van der Waals surface area contributed by atoms with Crippen molar-refractivity contribution in [2.75, 3.05) is 25.0 Å². The third-order valence-electron chi connectivity index (χ3n) is 4.21. The minimum Gasteiger partial charge on any atom is -0.355 e. The number of rotatable bonds is 3. The predicted octanol–water partition coefficient (Wildman–Crippen LogP) is 1.06. The van der Waals surface area contributed by atoms with Gasteiger partial charge in [0, 0.05) is 12.1 Å². The van der Waals surface area contributed by atoms with E-state index in [0.29, 0.717) is 11.9 Å². The molecule has 0 radical (unpaired) electrons. The summed E-state index contributed by atoms with van der Waals surface area (Å²) in [5, 5.41) is 6.67. The monoisotopic (exact) mass is 262 g/mol. The third-order valence-corrected chi connectivity index (χ3v) is 4.21. The van der Waals surface area contributed by atoms with E-state index in [0.717, 1.165) is 56.6 Å². The Bertz CT molecular complexity index is 491. The first kappa shape index (κ1) is 12.7. The molecule has 1 aromatic rings. The fourth-order valence-electron chi connectivity index (χ4n) is 3.01. The van der Waals surface area contributed by atoms with E-state index in [1.807, 2.05) is 0 Å². The fourth-order valence-corrected chi connectivity index (χ4v) is 3.01. The second-order valence-corrected chi connectivity index (χ2v) is 5.62. The van der Waals surface area contributed by atoms with E-state index in [1.165, 1.54) is 12.8 Å². The van der Waals surface area contributed by atoms with Crippen LogP contribution in [0.15, 0.2) is 4.79 Å². The Hall–Kier alpha value is -1.36. The SMILES string of the molecule is O=c1[nH]c(NCC2CCNCC2)nc2c1CCCC2. The lowest BCUT2D eigenvalue weighted by Crippen LogP contribution is -2.32. The first-order chi connectivity index (χ1) is 9.33. The maximum atomic E-state index is 12.0. The molecule has 1 aromatic heterocycles. The average molecular weight is 262 g/mol. The molecular weight excluding hydrogens is 240 g/mol. The van der Waals surface area contributed by atoms with Crippen LogP contribution in [0.3, 0.4) is 0 Å². The summed E-state index contributed by atoms with van der Waals surface area (Å²) in [7, 11) is 0. The van der Waals surface area contributed by atoms with Crippen LogP contribution < -0.4 is 16.2 Å². The molecule has 0 atom stereocenters. The molecule has 1 aliphatic heterocycles. The number of nitrogens with zero attached hydrogens (tertiary/aromatic N) is 1. The Morgan fingerprint density at radius 3 is 2.84 bits per heavy atom. The molecule has 2 aliphatic rings. The van der Waals surface area contributed by atoms with Crippen molar-refractivity contribution in [3.63, 3.8) is 0 Å². The largest absolute Gasteiger partial charge is 0.355 e. The van der Waals surface area contributed by atoms with Gasteiger partial charge in [-0.1, -0.05) is 0 Å². The van der Waals surface area contributed by atoms with Gasteiger partial charge in [0.1, 0.15) is 0 Å². The van der Waals surface area contributed by atoms with Gasteiger partial charge in [-0.05, 0) is 57.5 Å². The van der Waals surface area contributed by atoms with Crippen LogP contribution in [0.25, 0.3) is 0 Å². The van der Waals surface area contributed by atoms with Crippen LogP contribution in [-0.2, 0) is 12.8 Å². The second-order valence-electron chi connectivity index (χ2n) is 5.62. The van der Waals surface area contributed by atoms with E-state index in [4.69, 9.17) is 0 Å². The van der Waals surface area contributed by atoms with E-state index in [9.17, 15) is 4.79 Å². The zero-order chi connectivity index (χ0) is 13.1. The van der Waals surface area contributed by atoms with Crippen molar-refractivity contribution in [1.29, 1.82) is 0 Å². The van der Waals surface area contributed by atoms with E-state index < -0.39 is 0 Å². The van der Waals surface area contributed by atoms with E-state index in [1.54, 1.807) is 0 Å². The number of hydrogen-bond acceptors (Lipinski definition) is 4. The van der Waals surface area contributed by atoms with Crippen LogP contribution >= 0.6 is 0 Å². The molecule has 0 bridgehead atoms. The number of anilines is 1. The fraction of sp³-hybridized carbons (Fsp3) is 0.714. The number of fused-ring (bicyclic) bond motifs is 1. The maximum absolute atomic E-state index is 12.0. The molecule has 3 rings (SSSR count). The highest BCUT2D eigenvalue weighted by Gasteiger charge is 2.16. The zero-order valence-electron chi connectivity index (χ0n) is 11.3. The van der Waals surface area contributed by atoms with Gasteiger partial charge in [-0.3, -0.25) is 9.78 Å². The van der Waals surface area contributed by atoms with Crippen LogP contribution in [0.5, 0.6) is 0 Å². The standard InChI is InChI=1S/C14H22N4O/c19-13-11-3-1-2-4-12(11)17-14(18-13)16-9-10-5-7-15-8-6-10/h10,15H,1-9H2,(H2,16,17,18,19). The normalized spacial score (nSPS) is 20.0. The van der Waals surface area contributed by atoms with Crippen molar-refractivity contribution < 1.29 is 0 Å². The minimum atomic E-state index is 0.0533. The van der Waals surface area contributed by atoms with Crippen molar-refractivity contribution in [1.82, 2.24) is 15.3 Å². The van der Waals surface area contributed by atoms with Gasteiger partial charge in [-0.25, -0.2) is 4.98 Å². The Labute approximate surface area is 113 Å². The molecule has 2 heterocycles. The molecule has 1 aliphatic carbocycles. The highest BCUT2D eigenvalue weighted by molar-refractivity contribution is 5.31. The van der Waals surface area contributed by atoms with Crippen LogP contribution in [0.4, 0.5) is 5.95 Å². The molecule has 5 heteroatoms. The number of aryl methyl sites for hydroxylation is 1. The van der Waals surface area contributed by atoms with Crippen LogP contribution in [-0.4, -0.2) is 29.6 Å². The second kappa shape index (κ2) is 5.74. The van der Waals surface area contributed by atoms with E-state index in [2.05, 4.69) is 20.6 Å². The zero-order valence-corrected chi connectivity index (χ0v) is 11.3. The van der Waals surface area contributed by atoms with E-state index in [-0.39, 0.29) is 5.56 Å². The summed E-state index contributed by atoms with van der Waals surface area (Å²) < 4.78 is 0. The van der Waals surface area contributed by atoms with Gasteiger partial charge >= 0.3 is 0 Å². The number of aromatic amines is 1. The lowest BCUT2D eigenvalue weighted by Gasteiger charge is -2.23. The molecule has 19 heavy (non-hydrogen) atoms. The van der Waals surface area contributed by atoms with E-state index >= 15 is 0 Å². The molecule has 0 saturated carbocycles. The number of aromatic nitrogens is 2. The minimum absolute atomic E-state index is 0.0533. The van der Waals surface area contributed by atoms with Gasteiger partial charge in [0.05, 0.1) is 5.69 Å². The smallest absolute Gasteiger partial charge is 0.255 e. The Morgan fingerprint density at radius 1 is 1.21 bits per heavy atom. The summed E-state index contributed by atoms with van der Waals surface area (Å²) in [6, 6.07) is 0. The molecule has 1 fully saturated rings. The maximum Gasteiger partial charge on any atom is 0.255 e. The molecule has 0 unspecified atom stereocenters. The molecule has 3 N–H and O–H groups in total. The van der Waals surface area contributed by atoms with Gasteiger partial charge in [0.15, 0.2) is 0 Å².